The van der Waals surface area contributed by atoms with Gasteiger partial charge in [0.05, 0.1) is 10.7 Å². The summed E-state index contributed by atoms with van der Waals surface area (Å²) in [6, 6.07) is 14.2. The van der Waals surface area contributed by atoms with Gasteiger partial charge in [-0.25, -0.2) is 4.39 Å². The van der Waals surface area contributed by atoms with E-state index in [1.165, 1.54) is 12.1 Å². The molecule has 0 saturated heterocycles. The van der Waals surface area contributed by atoms with E-state index in [1.54, 1.807) is 13.0 Å². The van der Waals surface area contributed by atoms with Crippen molar-refractivity contribution in [1.82, 2.24) is 10.2 Å². The maximum atomic E-state index is 14.5. The smallest absolute Gasteiger partial charge is 0.171 e. The highest BCUT2D eigenvalue weighted by Gasteiger charge is 2.22. The molecule has 0 N–H and O–H groups in total. The predicted molar refractivity (Wildman–Crippen MR) is 92.1 cm³/mol. The molecule has 0 aliphatic rings. The van der Waals surface area contributed by atoms with Gasteiger partial charge in [-0.05, 0) is 31.5 Å². The molecule has 0 unspecified atom stereocenters. The fourth-order valence-corrected chi connectivity index (χ4v) is 2.91. The Morgan fingerprint density at radius 1 is 0.958 bits per heavy atom. The normalized spacial score (nSPS) is 10.5. The molecule has 24 heavy (non-hydrogen) atoms. The van der Waals surface area contributed by atoms with E-state index in [-0.39, 0.29) is 16.3 Å². The van der Waals surface area contributed by atoms with Gasteiger partial charge in [0, 0.05) is 16.7 Å². The summed E-state index contributed by atoms with van der Waals surface area (Å²) in [6.07, 6.45) is 0. The Bertz CT molecular complexity index is 939. The van der Waals surface area contributed by atoms with Crippen molar-refractivity contribution in [2.24, 2.45) is 0 Å². The maximum absolute atomic E-state index is 14.5. The summed E-state index contributed by atoms with van der Waals surface area (Å²) in [7, 11) is 0. The highest BCUT2D eigenvalue weighted by molar-refractivity contribution is 6.33. The predicted octanol–water partition coefficient (Wildman–Crippen LogP) is 5.09. The van der Waals surface area contributed by atoms with Crippen molar-refractivity contribution in [2.45, 2.75) is 13.8 Å². The molecule has 0 aliphatic heterocycles. The second kappa shape index (κ2) is 6.38. The minimum atomic E-state index is -0.500. The van der Waals surface area contributed by atoms with E-state index in [2.05, 4.69) is 10.2 Å². The molecule has 5 heteroatoms. The van der Waals surface area contributed by atoms with Crippen LogP contribution in [0.5, 0.6) is 0 Å². The van der Waals surface area contributed by atoms with Gasteiger partial charge in [-0.3, -0.25) is 0 Å². The molecular weight excluding hydrogens is 325 g/mol. The van der Waals surface area contributed by atoms with Gasteiger partial charge in [0.15, 0.2) is 5.69 Å². The summed E-state index contributed by atoms with van der Waals surface area (Å²) in [5.41, 5.74) is 3.79. The third-order valence-electron chi connectivity index (χ3n) is 3.81. The van der Waals surface area contributed by atoms with Crippen LogP contribution in [-0.2, 0) is 0 Å². The molecular formula is C19H13ClFN3. The molecule has 0 fully saturated rings. The Hall–Kier alpha value is -2.77. The summed E-state index contributed by atoms with van der Waals surface area (Å²) in [6.45, 7) is 3.76. The van der Waals surface area contributed by atoms with Crippen LogP contribution < -0.4 is 0 Å². The highest BCUT2D eigenvalue weighted by Crippen LogP contribution is 2.40. The molecule has 1 heterocycles. The SMILES string of the molecule is Cc1ccc(-c2c(C)nnc(C#N)c2-c2c(F)cccc2Cl)cc1. The summed E-state index contributed by atoms with van der Waals surface area (Å²) < 4.78 is 14.5. The van der Waals surface area contributed by atoms with Gasteiger partial charge in [-0.1, -0.05) is 47.5 Å². The first kappa shape index (κ1) is 16.1. The summed E-state index contributed by atoms with van der Waals surface area (Å²) in [5, 5.41) is 17.7. The number of nitriles is 1. The average molecular weight is 338 g/mol. The molecule has 2 aromatic carbocycles. The van der Waals surface area contributed by atoms with Crippen molar-refractivity contribution in [3.8, 4) is 28.3 Å². The Kier molecular flexibility index (Phi) is 4.28. The molecule has 0 spiro atoms. The van der Waals surface area contributed by atoms with Gasteiger partial charge in [-0.2, -0.15) is 10.4 Å². The minimum absolute atomic E-state index is 0.0446. The molecule has 3 nitrogen and oxygen atoms in total. The van der Waals surface area contributed by atoms with Crippen LogP contribution in [0.4, 0.5) is 4.39 Å². The number of aryl methyl sites for hydroxylation is 2. The molecule has 3 aromatic rings. The number of hydrogen-bond acceptors (Lipinski definition) is 3. The fraction of sp³-hybridized carbons (Fsp3) is 0.105. The van der Waals surface area contributed by atoms with Crippen molar-refractivity contribution in [3.63, 3.8) is 0 Å². The van der Waals surface area contributed by atoms with Gasteiger partial charge in [-0.15, -0.1) is 5.10 Å². The van der Waals surface area contributed by atoms with Crippen LogP contribution in [0, 0.1) is 31.0 Å². The molecule has 118 valence electrons. The lowest BCUT2D eigenvalue weighted by Gasteiger charge is -2.15. The molecule has 0 radical (unpaired) electrons. The van der Waals surface area contributed by atoms with Crippen LogP contribution in [0.1, 0.15) is 17.0 Å². The van der Waals surface area contributed by atoms with Gasteiger partial charge < -0.3 is 0 Å². The second-order valence-corrected chi connectivity index (χ2v) is 5.87. The summed E-state index contributed by atoms with van der Waals surface area (Å²) >= 11 is 6.23. The van der Waals surface area contributed by atoms with Crippen molar-refractivity contribution in [2.75, 3.05) is 0 Å². The first-order valence-electron chi connectivity index (χ1n) is 7.31. The number of aromatic nitrogens is 2. The number of halogens is 2. The van der Waals surface area contributed by atoms with E-state index < -0.39 is 5.82 Å². The first-order chi connectivity index (χ1) is 11.5. The van der Waals surface area contributed by atoms with Gasteiger partial charge in [0.25, 0.3) is 0 Å². The van der Waals surface area contributed by atoms with Crippen molar-refractivity contribution < 1.29 is 4.39 Å². The number of hydrogen-bond donors (Lipinski definition) is 0. The molecule has 0 bridgehead atoms. The summed E-state index contributed by atoms with van der Waals surface area (Å²) in [5.74, 6) is -0.500. The zero-order chi connectivity index (χ0) is 17.3. The largest absolute Gasteiger partial charge is 0.206 e. The van der Waals surface area contributed by atoms with Crippen LogP contribution in [0.15, 0.2) is 42.5 Å². The van der Waals surface area contributed by atoms with Crippen molar-refractivity contribution in [1.29, 1.82) is 5.26 Å². The van der Waals surface area contributed by atoms with Crippen LogP contribution in [0.25, 0.3) is 22.3 Å². The van der Waals surface area contributed by atoms with E-state index >= 15 is 0 Å². The average Bonchev–Trinajstić information content (AvgIpc) is 2.56. The topological polar surface area (TPSA) is 49.6 Å². The van der Waals surface area contributed by atoms with Crippen LogP contribution in [0.2, 0.25) is 5.02 Å². The van der Waals surface area contributed by atoms with E-state index in [1.807, 2.05) is 37.3 Å². The lowest BCUT2D eigenvalue weighted by molar-refractivity contribution is 0.631. The van der Waals surface area contributed by atoms with Gasteiger partial charge >= 0.3 is 0 Å². The van der Waals surface area contributed by atoms with E-state index in [9.17, 15) is 9.65 Å². The highest BCUT2D eigenvalue weighted by atomic mass is 35.5. The maximum Gasteiger partial charge on any atom is 0.171 e. The number of benzene rings is 2. The Morgan fingerprint density at radius 3 is 2.29 bits per heavy atom. The van der Waals surface area contributed by atoms with E-state index in [0.29, 0.717) is 16.8 Å². The quantitative estimate of drug-likeness (QED) is 0.654. The number of nitrogens with zero attached hydrogens (tertiary/aromatic N) is 3. The third-order valence-corrected chi connectivity index (χ3v) is 4.12. The number of rotatable bonds is 2. The molecule has 0 amide bonds. The van der Waals surface area contributed by atoms with Gasteiger partial charge in [0.1, 0.15) is 11.9 Å². The summed E-state index contributed by atoms with van der Waals surface area (Å²) in [4.78, 5) is 0. The van der Waals surface area contributed by atoms with E-state index in [0.717, 1.165) is 11.1 Å². The Morgan fingerprint density at radius 2 is 1.67 bits per heavy atom. The molecule has 0 atom stereocenters. The third kappa shape index (κ3) is 2.75. The van der Waals surface area contributed by atoms with Crippen LogP contribution in [0.3, 0.4) is 0 Å². The lowest BCUT2D eigenvalue weighted by atomic mass is 9.92. The molecule has 1 aromatic heterocycles. The molecule has 0 aliphatic carbocycles. The van der Waals surface area contributed by atoms with Crippen LogP contribution >= 0.6 is 11.6 Å². The fourth-order valence-electron chi connectivity index (χ4n) is 2.66. The van der Waals surface area contributed by atoms with E-state index in [4.69, 9.17) is 11.6 Å². The van der Waals surface area contributed by atoms with Crippen molar-refractivity contribution >= 4 is 11.6 Å². The van der Waals surface area contributed by atoms with Crippen LogP contribution in [-0.4, -0.2) is 10.2 Å². The Balaban J connectivity index is 2.42. The molecule has 0 saturated carbocycles. The lowest BCUT2D eigenvalue weighted by Crippen LogP contribution is -2.02. The molecule has 3 rings (SSSR count). The zero-order valence-corrected chi connectivity index (χ0v) is 13.9. The zero-order valence-electron chi connectivity index (χ0n) is 13.1. The van der Waals surface area contributed by atoms with Gasteiger partial charge in [0.2, 0.25) is 0 Å². The van der Waals surface area contributed by atoms with Crippen molar-refractivity contribution in [3.05, 3.63) is 70.3 Å². The minimum Gasteiger partial charge on any atom is -0.206 e. The first-order valence-corrected chi connectivity index (χ1v) is 7.69. The Labute approximate surface area is 144 Å². The standard InChI is InChI=1S/C19H13ClFN3/c1-11-6-8-13(9-7-11)17-12(2)23-24-16(10-22)19(17)18-14(20)4-3-5-15(18)21/h3-9H,1-2H3. The monoisotopic (exact) mass is 337 g/mol. The second-order valence-electron chi connectivity index (χ2n) is 5.46.